The van der Waals surface area contributed by atoms with Gasteiger partial charge in [0, 0.05) is 41.9 Å². The van der Waals surface area contributed by atoms with Crippen LogP contribution in [0.25, 0.3) is 11.3 Å². The van der Waals surface area contributed by atoms with Gasteiger partial charge in [0.15, 0.2) is 5.96 Å². The Morgan fingerprint density at radius 1 is 1.26 bits per heavy atom. The van der Waals surface area contributed by atoms with E-state index in [2.05, 4.69) is 32.3 Å². The Morgan fingerprint density at radius 3 is 2.62 bits per heavy atom. The summed E-state index contributed by atoms with van der Waals surface area (Å²) in [5, 5.41) is 5.52. The summed E-state index contributed by atoms with van der Waals surface area (Å²) < 4.78 is 5.24. The lowest BCUT2D eigenvalue weighted by Crippen LogP contribution is -2.48. The first-order valence-electron chi connectivity index (χ1n) is 12.7. The summed E-state index contributed by atoms with van der Waals surface area (Å²) in [4.78, 5) is 40.5. The van der Waals surface area contributed by atoms with Crippen molar-refractivity contribution in [1.29, 1.82) is 0 Å². The molecule has 1 aliphatic heterocycles. The number of carbonyl (C=O) groups is 2. The molecule has 1 aliphatic rings. The van der Waals surface area contributed by atoms with Gasteiger partial charge < -0.3 is 26.0 Å². The number of hydrogen-bond donors (Lipinski definition) is 3. The van der Waals surface area contributed by atoms with Crippen molar-refractivity contribution >= 4 is 59.3 Å². The number of thiocarbonyl (C=S) groups is 1. The van der Waals surface area contributed by atoms with Crippen LogP contribution in [0.15, 0.2) is 51.4 Å². The highest BCUT2D eigenvalue weighted by molar-refractivity contribution is 7.99. The average molecular weight is 570 g/mol. The van der Waals surface area contributed by atoms with Crippen molar-refractivity contribution in [2.45, 2.75) is 38.5 Å². The van der Waals surface area contributed by atoms with Gasteiger partial charge in [-0.05, 0) is 64.6 Å². The van der Waals surface area contributed by atoms with E-state index in [0.717, 1.165) is 16.2 Å². The number of carbonyl (C=O) groups excluding carboxylic acids is 2. The molecule has 1 saturated heterocycles. The fourth-order valence-corrected chi connectivity index (χ4v) is 5.24. The number of ether oxygens (including phenoxy) is 1. The van der Waals surface area contributed by atoms with E-state index in [-0.39, 0.29) is 12.0 Å². The van der Waals surface area contributed by atoms with Gasteiger partial charge in [-0.1, -0.05) is 18.3 Å². The Kier molecular flexibility index (Phi) is 10.8. The molecular weight excluding hydrogens is 534 g/mol. The minimum absolute atomic E-state index is 0.179. The van der Waals surface area contributed by atoms with Crippen molar-refractivity contribution in [2.75, 3.05) is 32.1 Å². The van der Waals surface area contributed by atoms with E-state index in [4.69, 9.17) is 22.7 Å². The van der Waals surface area contributed by atoms with Crippen molar-refractivity contribution in [1.82, 2.24) is 20.5 Å². The number of esters is 1. The third-order valence-electron chi connectivity index (χ3n) is 6.39. The van der Waals surface area contributed by atoms with E-state index in [0.29, 0.717) is 67.2 Å². The lowest BCUT2D eigenvalue weighted by Gasteiger charge is -2.37. The molecule has 0 radical (unpaired) electrons. The summed E-state index contributed by atoms with van der Waals surface area (Å²) in [5.41, 5.74) is 8.57. The van der Waals surface area contributed by atoms with E-state index in [9.17, 15) is 9.59 Å². The highest BCUT2D eigenvalue weighted by Gasteiger charge is 2.38. The van der Waals surface area contributed by atoms with E-state index >= 15 is 0 Å². The molecule has 208 valence electrons. The number of rotatable bonds is 9. The third-order valence-corrected chi connectivity index (χ3v) is 7.72. The number of guanidine groups is 1. The number of likely N-dealkylation sites (tertiary alicyclic amines) is 1. The van der Waals surface area contributed by atoms with Crippen LogP contribution in [-0.2, 0) is 9.53 Å². The minimum Gasteiger partial charge on any atom is -0.466 e. The number of piperidine rings is 1. The van der Waals surface area contributed by atoms with Crippen molar-refractivity contribution in [2.24, 2.45) is 21.1 Å². The first-order chi connectivity index (χ1) is 18.7. The maximum absolute atomic E-state index is 12.4. The fourth-order valence-electron chi connectivity index (χ4n) is 4.09. The van der Waals surface area contributed by atoms with Gasteiger partial charge in [-0.3, -0.25) is 14.8 Å². The van der Waals surface area contributed by atoms with Gasteiger partial charge in [0.25, 0.3) is 0 Å². The summed E-state index contributed by atoms with van der Waals surface area (Å²) in [6, 6.07) is 9.08. The van der Waals surface area contributed by atoms with Gasteiger partial charge in [-0.15, -0.1) is 11.8 Å². The molecule has 1 aromatic carbocycles. The van der Waals surface area contributed by atoms with Crippen LogP contribution >= 0.6 is 24.0 Å². The first kappa shape index (κ1) is 30.0. The maximum atomic E-state index is 12.4. The highest BCUT2D eigenvalue weighted by atomic mass is 32.2. The molecule has 2 heterocycles. The normalized spacial score (nSPS) is 14.8. The molecule has 0 bridgehead atoms. The number of hydrogen-bond acceptors (Lipinski definition) is 7. The number of amides is 2. The average Bonchev–Trinajstić information content (AvgIpc) is 2.94. The largest absolute Gasteiger partial charge is 0.466 e. The Hall–Kier alpha value is -3.51. The number of nitrogens with zero attached hydrogens (tertiary/aromatic N) is 4. The number of aliphatic imine (C=N–C) groups is 2. The molecule has 2 aromatic rings. The molecule has 39 heavy (non-hydrogen) atoms. The molecule has 0 aliphatic carbocycles. The summed E-state index contributed by atoms with van der Waals surface area (Å²) in [6.45, 7) is 11.4. The lowest BCUT2D eigenvalue weighted by molar-refractivity contribution is -0.156. The molecule has 4 N–H and O–H groups in total. The standard InChI is InChI=1S/C27H35N7O3S2/c1-5-30-26(36)32-17-39-22-19(20-9-7-8-12-31-20)15-18(16-21(22)29-4)23(38)33-25(28)34-13-10-27(3,11-14-34)24(35)37-6-2/h7-9,12,15-16H,4-6,10-11,13-14,17H2,1-3H3,(H2,28,33,38)(H2,30,32,36). The van der Waals surface area contributed by atoms with E-state index in [1.165, 1.54) is 11.8 Å². The molecule has 1 aromatic heterocycles. The summed E-state index contributed by atoms with van der Waals surface area (Å²) in [6.07, 6.45) is 2.93. The Bertz CT molecular complexity index is 1230. The van der Waals surface area contributed by atoms with Gasteiger partial charge in [0.2, 0.25) is 0 Å². The predicted octanol–water partition coefficient (Wildman–Crippen LogP) is 4.10. The van der Waals surface area contributed by atoms with Gasteiger partial charge >= 0.3 is 12.0 Å². The molecular formula is C27H35N7O3S2. The summed E-state index contributed by atoms with van der Waals surface area (Å²) in [7, 11) is 0. The van der Waals surface area contributed by atoms with E-state index in [1.807, 2.05) is 49.9 Å². The molecule has 0 unspecified atom stereocenters. The molecule has 0 saturated carbocycles. The van der Waals surface area contributed by atoms with Gasteiger partial charge in [-0.25, -0.2) is 9.79 Å². The number of benzene rings is 1. The number of urea groups is 1. The Morgan fingerprint density at radius 2 is 2.00 bits per heavy atom. The second-order valence-electron chi connectivity index (χ2n) is 9.11. The minimum atomic E-state index is -0.533. The molecule has 10 nitrogen and oxygen atoms in total. The molecule has 12 heteroatoms. The molecule has 1 fully saturated rings. The zero-order valence-corrected chi connectivity index (χ0v) is 24.2. The zero-order chi connectivity index (χ0) is 28.4. The second-order valence-corrected chi connectivity index (χ2v) is 10.5. The van der Waals surface area contributed by atoms with Crippen LogP contribution in [0, 0.1) is 5.41 Å². The maximum Gasteiger partial charge on any atom is 0.315 e. The number of pyridine rings is 1. The van der Waals surface area contributed by atoms with Crippen LogP contribution in [0.5, 0.6) is 0 Å². The van der Waals surface area contributed by atoms with Crippen molar-refractivity contribution in [3.8, 4) is 11.3 Å². The van der Waals surface area contributed by atoms with Crippen LogP contribution < -0.4 is 16.4 Å². The number of nitrogens with one attached hydrogen (secondary N) is 2. The molecule has 0 atom stereocenters. The predicted molar refractivity (Wildman–Crippen MR) is 161 cm³/mol. The van der Waals surface area contributed by atoms with Crippen molar-refractivity contribution < 1.29 is 14.3 Å². The highest BCUT2D eigenvalue weighted by Crippen LogP contribution is 2.39. The number of nitrogens with two attached hydrogens (primary N) is 1. The molecule has 3 rings (SSSR count). The quantitative estimate of drug-likeness (QED) is 0.103. The fraction of sp³-hybridized carbons (Fsp3) is 0.407. The van der Waals surface area contributed by atoms with Crippen LogP contribution in [-0.4, -0.2) is 71.7 Å². The lowest BCUT2D eigenvalue weighted by atomic mass is 9.80. The van der Waals surface area contributed by atoms with Gasteiger partial charge in [0.05, 0.1) is 29.3 Å². The summed E-state index contributed by atoms with van der Waals surface area (Å²) in [5.74, 6) is 0.437. The summed E-state index contributed by atoms with van der Waals surface area (Å²) >= 11 is 7.09. The monoisotopic (exact) mass is 569 g/mol. The SMILES string of the molecule is C=Nc1cc(C(=S)N=C(N)N2CCC(C)(C(=O)OCC)CC2)cc(-c2ccccn2)c1SCNC(=O)NCC. The Balaban J connectivity index is 1.84. The van der Waals surface area contributed by atoms with E-state index in [1.54, 1.807) is 12.3 Å². The smallest absolute Gasteiger partial charge is 0.315 e. The zero-order valence-electron chi connectivity index (χ0n) is 22.5. The van der Waals surface area contributed by atoms with Gasteiger partial charge in [-0.2, -0.15) is 0 Å². The van der Waals surface area contributed by atoms with Crippen LogP contribution in [0.2, 0.25) is 0 Å². The number of aromatic nitrogens is 1. The topological polar surface area (TPSA) is 134 Å². The van der Waals surface area contributed by atoms with Crippen LogP contribution in [0.4, 0.5) is 10.5 Å². The van der Waals surface area contributed by atoms with Crippen molar-refractivity contribution in [3.05, 3.63) is 42.1 Å². The van der Waals surface area contributed by atoms with Crippen LogP contribution in [0.1, 0.15) is 39.2 Å². The first-order valence-corrected chi connectivity index (χ1v) is 14.1. The Labute approximate surface area is 238 Å². The third kappa shape index (κ3) is 7.76. The number of thioether (sulfide) groups is 1. The molecule has 2 amide bonds. The second kappa shape index (κ2) is 14.0. The van der Waals surface area contributed by atoms with Crippen molar-refractivity contribution in [3.63, 3.8) is 0 Å². The molecule has 0 spiro atoms. The van der Waals surface area contributed by atoms with Gasteiger partial charge in [0.1, 0.15) is 4.99 Å². The van der Waals surface area contributed by atoms with Crippen LogP contribution in [0.3, 0.4) is 0 Å². The van der Waals surface area contributed by atoms with E-state index < -0.39 is 5.41 Å².